The Bertz CT molecular complexity index is 832. The maximum Gasteiger partial charge on any atom is 0.159 e. The molecular formula is C23H25NO2. The van der Waals surface area contributed by atoms with E-state index in [1.165, 1.54) is 16.7 Å². The maximum atomic E-state index is 11.3. The van der Waals surface area contributed by atoms with E-state index in [9.17, 15) is 9.90 Å². The summed E-state index contributed by atoms with van der Waals surface area (Å²) < 4.78 is 0. The minimum Gasteiger partial charge on any atom is -0.512 e. The van der Waals surface area contributed by atoms with Crippen LogP contribution in [0.5, 0.6) is 0 Å². The lowest BCUT2D eigenvalue weighted by Gasteiger charge is -2.11. The molecule has 26 heavy (non-hydrogen) atoms. The summed E-state index contributed by atoms with van der Waals surface area (Å²) in [6.45, 7) is 2.32. The number of allylic oxidation sites excluding steroid dienone is 4. The van der Waals surface area contributed by atoms with Gasteiger partial charge in [0, 0.05) is 24.2 Å². The van der Waals surface area contributed by atoms with Crippen molar-refractivity contribution in [3.63, 3.8) is 0 Å². The lowest BCUT2D eigenvalue weighted by atomic mass is 9.98. The van der Waals surface area contributed by atoms with Crippen LogP contribution in [0.15, 0.2) is 72.0 Å². The molecule has 3 rings (SSSR count). The summed E-state index contributed by atoms with van der Waals surface area (Å²) in [6, 6.07) is 16.2. The van der Waals surface area contributed by atoms with E-state index >= 15 is 0 Å². The summed E-state index contributed by atoms with van der Waals surface area (Å²) in [5, 5.41) is 13.0. The second-order valence-corrected chi connectivity index (χ2v) is 6.76. The molecule has 0 saturated carbocycles. The Morgan fingerprint density at radius 3 is 2.58 bits per heavy atom. The van der Waals surface area contributed by atoms with Gasteiger partial charge in [0.25, 0.3) is 0 Å². The monoisotopic (exact) mass is 347 g/mol. The van der Waals surface area contributed by atoms with Crippen LogP contribution in [0.1, 0.15) is 47.7 Å². The van der Waals surface area contributed by atoms with Crippen molar-refractivity contribution in [1.29, 1.82) is 0 Å². The van der Waals surface area contributed by atoms with Crippen molar-refractivity contribution in [2.24, 2.45) is 0 Å². The molecule has 2 N–H and O–H groups in total. The lowest BCUT2D eigenvalue weighted by Crippen LogP contribution is -2.01. The number of aliphatic hydroxyl groups excluding tert-OH is 1. The highest BCUT2D eigenvalue weighted by molar-refractivity contribution is 5.94. The Hall–Kier alpha value is -2.81. The zero-order valence-corrected chi connectivity index (χ0v) is 15.2. The number of rotatable bonds is 7. The number of Topliss-reactive ketones (excluding diaryl/α,β-unsaturated/α-hetero) is 1. The van der Waals surface area contributed by atoms with Crippen LogP contribution in [0.2, 0.25) is 0 Å². The van der Waals surface area contributed by atoms with Gasteiger partial charge in [0.2, 0.25) is 0 Å². The first-order valence-electron chi connectivity index (χ1n) is 9.11. The van der Waals surface area contributed by atoms with E-state index < -0.39 is 0 Å². The number of hydrogen-bond donors (Lipinski definition) is 2. The molecule has 1 aliphatic carbocycles. The number of hydrogen-bond acceptors (Lipinski definition) is 3. The minimum absolute atomic E-state index is 0.0838. The van der Waals surface area contributed by atoms with Gasteiger partial charge < -0.3 is 10.4 Å². The molecule has 3 nitrogen and oxygen atoms in total. The molecule has 0 fully saturated rings. The summed E-state index contributed by atoms with van der Waals surface area (Å²) >= 11 is 0. The predicted molar refractivity (Wildman–Crippen MR) is 107 cm³/mol. The third-order valence-electron chi connectivity index (χ3n) is 4.64. The fourth-order valence-electron chi connectivity index (χ4n) is 3.14. The number of carbonyl (C=O) groups is 1. The van der Waals surface area contributed by atoms with Gasteiger partial charge >= 0.3 is 0 Å². The third kappa shape index (κ3) is 5.09. The van der Waals surface area contributed by atoms with E-state index in [1.807, 2.05) is 30.3 Å². The normalized spacial score (nSPS) is 13.7. The molecule has 134 valence electrons. The molecule has 0 unspecified atom stereocenters. The first-order valence-corrected chi connectivity index (χ1v) is 9.11. The highest BCUT2D eigenvalue weighted by atomic mass is 16.3. The van der Waals surface area contributed by atoms with Crippen molar-refractivity contribution in [3.8, 4) is 0 Å². The summed E-state index contributed by atoms with van der Waals surface area (Å²) in [4.78, 5) is 11.3. The molecule has 0 spiro atoms. The van der Waals surface area contributed by atoms with Gasteiger partial charge in [-0.2, -0.15) is 0 Å². The third-order valence-corrected chi connectivity index (χ3v) is 4.64. The predicted octanol–water partition coefficient (Wildman–Crippen LogP) is 5.60. The average Bonchev–Trinajstić information content (AvgIpc) is 2.65. The van der Waals surface area contributed by atoms with Crippen molar-refractivity contribution < 1.29 is 9.90 Å². The summed E-state index contributed by atoms with van der Waals surface area (Å²) in [7, 11) is 0. The topological polar surface area (TPSA) is 49.3 Å². The number of nitrogens with one attached hydrogen (secondary N) is 1. The standard InChI is InChI=1S/C23H25NO2/c1-17(25)21-10-12-22(13-11-21)24-16-20-6-2-4-18(14-20)8-9-19-5-3-7-23(26)15-19/h2,4-6,10-15,24,26H,3,7-9,16H2,1H3. The minimum atomic E-state index is 0.0838. The van der Waals surface area contributed by atoms with Gasteiger partial charge in [-0.15, -0.1) is 0 Å². The summed E-state index contributed by atoms with van der Waals surface area (Å²) in [5.74, 6) is 0.580. The number of aryl methyl sites for hydroxylation is 1. The number of anilines is 1. The van der Waals surface area contributed by atoms with Crippen molar-refractivity contribution in [1.82, 2.24) is 0 Å². The van der Waals surface area contributed by atoms with E-state index in [0.29, 0.717) is 5.76 Å². The van der Waals surface area contributed by atoms with Crippen LogP contribution in [-0.4, -0.2) is 10.9 Å². The molecule has 0 bridgehead atoms. The molecule has 0 atom stereocenters. The van der Waals surface area contributed by atoms with E-state index in [0.717, 1.165) is 43.5 Å². The second-order valence-electron chi connectivity index (χ2n) is 6.76. The Morgan fingerprint density at radius 2 is 1.85 bits per heavy atom. The zero-order chi connectivity index (χ0) is 18.4. The fourth-order valence-corrected chi connectivity index (χ4v) is 3.14. The van der Waals surface area contributed by atoms with Crippen LogP contribution < -0.4 is 5.32 Å². The zero-order valence-electron chi connectivity index (χ0n) is 15.2. The molecular weight excluding hydrogens is 322 g/mol. The smallest absolute Gasteiger partial charge is 0.159 e. The fraction of sp³-hybridized carbons (Fsp3) is 0.261. The van der Waals surface area contributed by atoms with E-state index in [-0.39, 0.29) is 5.78 Å². The van der Waals surface area contributed by atoms with Crippen LogP contribution >= 0.6 is 0 Å². The Morgan fingerprint density at radius 1 is 1.08 bits per heavy atom. The van der Waals surface area contributed by atoms with Gasteiger partial charge in [0.15, 0.2) is 5.78 Å². The molecule has 0 heterocycles. The lowest BCUT2D eigenvalue weighted by molar-refractivity contribution is 0.101. The largest absolute Gasteiger partial charge is 0.512 e. The molecule has 0 radical (unpaired) electrons. The highest BCUT2D eigenvalue weighted by Gasteiger charge is 2.05. The average molecular weight is 347 g/mol. The first kappa shape index (κ1) is 18.0. The van der Waals surface area contributed by atoms with Crippen molar-refractivity contribution in [3.05, 3.63) is 88.7 Å². The number of aliphatic hydroxyl groups is 1. The molecule has 3 heteroatoms. The first-order chi connectivity index (χ1) is 12.6. The van der Waals surface area contributed by atoms with Gasteiger partial charge in [0.1, 0.15) is 0 Å². The Kier molecular flexibility index (Phi) is 5.90. The van der Waals surface area contributed by atoms with Crippen LogP contribution in [0.3, 0.4) is 0 Å². The van der Waals surface area contributed by atoms with Crippen LogP contribution in [0, 0.1) is 0 Å². The van der Waals surface area contributed by atoms with E-state index in [2.05, 4.69) is 35.7 Å². The number of benzene rings is 2. The SMILES string of the molecule is CC(=O)c1ccc(NCc2cccc(CCC3=CCCC(O)=C3)c2)cc1. The van der Waals surface area contributed by atoms with Crippen molar-refractivity contribution in [2.75, 3.05) is 5.32 Å². The van der Waals surface area contributed by atoms with Crippen LogP contribution in [0.25, 0.3) is 0 Å². The van der Waals surface area contributed by atoms with Crippen molar-refractivity contribution in [2.45, 2.75) is 39.2 Å². The maximum absolute atomic E-state index is 11.3. The molecule has 1 aliphatic rings. The Balaban J connectivity index is 1.55. The molecule has 2 aromatic carbocycles. The molecule has 0 aromatic heterocycles. The van der Waals surface area contributed by atoms with Crippen molar-refractivity contribution >= 4 is 11.5 Å². The molecule has 0 saturated heterocycles. The quantitative estimate of drug-likeness (QED) is 0.641. The summed E-state index contributed by atoms with van der Waals surface area (Å²) in [6.07, 6.45) is 7.74. The molecule has 2 aromatic rings. The van der Waals surface area contributed by atoms with Crippen LogP contribution in [-0.2, 0) is 13.0 Å². The van der Waals surface area contributed by atoms with Gasteiger partial charge in [-0.3, -0.25) is 4.79 Å². The molecule has 0 amide bonds. The van der Waals surface area contributed by atoms with Gasteiger partial charge in [-0.1, -0.05) is 30.3 Å². The van der Waals surface area contributed by atoms with E-state index in [1.54, 1.807) is 6.92 Å². The summed E-state index contributed by atoms with van der Waals surface area (Å²) in [5.41, 5.74) is 5.50. The number of ketones is 1. The van der Waals surface area contributed by atoms with Crippen LogP contribution in [0.4, 0.5) is 5.69 Å². The van der Waals surface area contributed by atoms with Gasteiger partial charge in [-0.05, 0) is 73.2 Å². The molecule has 0 aliphatic heterocycles. The van der Waals surface area contributed by atoms with Gasteiger partial charge in [0.05, 0.1) is 5.76 Å². The Labute approximate surface area is 155 Å². The number of carbonyl (C=O) groups excluding carboxylic acids is 1. The van der Waals surface area contributed by atoms with Gasteiger partial charge in [-0.25, -0.2) is 0 Å². The van der Waals surface area contributed by atoms with E-state index in [4.69, 9.17) is 0 Å². The second kappa shape index (κ2) is 8.52. The highest BCUT2D eigenvalue weighted by Crippen LogP contribution is 2.20.